The van der Waals surface area contributed by atoms with E-state index in [1.807, 2.05) is 21.5 Å². The molecule has 0 fully saturated rings. The Hall–Kier alpha value is -1.62. The Bertz CT molecular complexity index is 365. The molecule has 0 aliphatic carbocycles. The number of nitrogens with zero attached hydrogens (tertiary/aromatic N) is 4. The average Bonchev–Trinajstić information content (AvgIpc) is 2.76. The Morgan fingerprint density at radius 1 is 1.31 bits per heavy atom. The van der Waals surface area contributed by atoms with E-state index >= 15 is 0 Å². The summed E-state index contributed by atoms with van der Waals surface area (Å²) in [6.07, 6.45) is 8.80. The fourth-order valence-electron chi connectivity index (χ4n) is 1.17. The Morgan fingerprint density at radius 3 is 2.92 bits per heavy atom. The fourth-order valence-corrected chi connectivity index (χ4v) is 1.17. The van der Waals surface area contributed by atoms with Crippen LogP contribution in [-0.4, -0.2) is 24.2 Å². The van der Waals surface area contributed by atoms with E-state index in [1.54, 1.807) is 18.7 Å². The Labute approximate surface area is 75.3 Å². The monoisotopic (exact) mass is 178 g/mol. The molecule has 68 valence electrons. The summed E-state index contributed by atoms with van der Waals surface area (Å²) in [5.74, 6) is 0.661. The molecule has 0 atom stereocenters. The smallest absolute Gasteiger partial charge is 0.135 e. The lowest BCUT2D eigenvalue weighted by Crippen LogP contribution is -2.08. The van der Waals surface area contributed by atoms with Crippen molar-refractivity contribution in [2.45, 2.75) is 13.3 Å². The molecule has 2 aromatic heterocycles. The van der Waals surface area contributed by atoms with E-state index in [2.05, 4.69) is 9.97 Å². The summed E-state index contributed by atoms with van der Waals surface area (Å²) in [5.41, 5.74) is 0. The molecule has 5 heteroatoms. The molecule has 0 unspecified atom stereocenters. The lowest BCUT2D eigenvalue weighted by atomic mass is 10.6. The third-order valence-corrected chi connectivity index (χ3v) is 1.82. The van der Waals surface area contributed by atoms with E-state index < -0.39 is 0 Å². The Morgan fingerprint density at radius 2 is 2.23 bits per heavy atom. The van der Waals surface area contributed by atoms with Gasteiger partial charge in [-0.1, -0.05) is 0 Å². The first-order valence-corrected chi connectivity index (χ1v) is 3.97. The Kier molecular flexibility index (Phi) is 2.09. The first kappa shape index (κ1) is 8.00. The van der Waals surface area contributed by atoms with Gasteiger partial charge in [0, 0.05) is 24.8 Å². The second kappa shape index (κ2) is 3.40. The van der Waals surface area contributed by atoms with Gasteiger partial charge in [-0.25, -0.2) is 9.97 Å². The van der Waals surface area contributed by atoms with Gasteiger partial charge in [-0.05, 0) is 0 Å². The van der Waals surface area contributed by atoms with Gasteiger partial charge in [-0.15, -0.1) is 0 Å². The van der Waals surface area contributed by atoms with Crippen molar-refractivity contribution in [1.82, 2.24) is 19.1 Å². The van der Waals surface area contributed by atoms with Gasteiger partial charge in [0.05, 0.1) is 6.33 Å². The minimum atomic E-state index is -0.0400. The van der Waals surface area contributed by atoms with E-state index in [4.69, 9.17) is 5.11 Å². The molecule has 0 aliphatic heterocycles. The van der Waals surface area contributed by atoms with Gasteiger partial charge >= 0.3 is 0 Å². The molecule has 0 saturated carbocycles. The summed E-state index contributed by atoms with van der Waals surface area (Å²) in [6, 6.07) is 0. The van der Waals surface area contributed by atoms with Crippen molar-refractivity contribution in [2.24, 2.45) is 0 Å². The fraction of sp³-hybridized carbons (Fsp3) is 0.250. The van der Waals surface area contributed by atoms with Crippen LogP contribution in [0.3, 0.4) is 0 Å². The third kappa shape index (κ3) is 1.59. The predicted molar refractivity (Wildman–Crippen MR) is 45.8 cm³/mol. The molecular formula is C8H10N4O. The number of aromatic nitrogens is 4. The van der Waals surface area contributed by atoms with Crippen LogP contribution in [0, 0.1) is 0 Å². The van der Waals surface area contributed by atoms with Crippen molar-refractivity contribution in [3.63, 3.8) is 0 Å². The van der Waals surface area contributed by atoms with Crippen molar-refractivity contribution in [3.8, 4) is 0 Å². The summed E-state index contributed by atoms with van der Waals surface area (Å²) in [7, 11) is 0. The molecule has 5 nitrogen and oxygen atoms in total. The molecule has 0 aliphatic rings. The topological polar surface area (TPSA) is 55.9 Å². The van der Waals surface area contributed by atoms with E-state index in [0.29, 0.717) is 12.5 Å². The van der Waals surface area contributed by atoms with Crippen LogP contribution >= 0.6 is 0 Å². The molecular weight excluding hydrogens is 168 g/mol. The summed E-state index contributed by atoms with van der Waals surface area (Å²) >= 11 is 0. The van der Waals surface area contributed by atoms with Crippen LogP contribution in [0.4, 0.5) is 0 Å². The van der Waals surface area contributed by atoms with Gasteiger partial charge in [-0.2, -0.15) is 0 Å². The predicted octanol–water partition coefficient (Wildman–Crippen LogP) is 0.0777. The highest BCUT2D eigenvalue weighted by Gasteiger charge is 1.99. The molecule has 0 radical (unpaired) electrons. The summed E-state index contributed by atoms with van der Waals surface area (Å²) in [6.45, 7) is 0.595. The standard InChI is InChI=1S/C8H10N4O/c13-5-8-10-2-4-12(8)7-11-3-1-9-6-11/h1-4,6,13H,5,7H2. The number of rotatable bonds is 3. The number of aliphatic hydroxyl groups excluding tert-OH is 1. The number of aliphatic hydroxyl groups is 1. The molecule has 2 rings (SSSR count). The van der Waals surface area contributed by atoms with Crippen molar-refractivity contribution in [3.05, 3.63) is 36.9 Å². The van der Waals surface area contributed by atoms with Crippen LogP contribution in [0.2, 0.25) is 0 Å². The zero-order valence-corrected chi connectivity index (χ0v) is 7.04. The van der Waals surface area contributed by atoms with Crippen molar-refractivity contribution in [1.29, 1.82) is 0 Å². The van der Waals surface area contributed by atoms with Crippen LogP contribution < -0.4 is 0 Å². The van der Waals surface area contributed by atoms with Gasteiger partial charge in [0.2, 0.25) is 0 Å². The van der Waals surface area contributed by atoms with Gasteiger partial charge in [0.25, 0.3) is 0 Å². The van der Waals surface area contributed by atoms with Crippen LogP contribution in [0.15, 0.2) is 31.1 Å². The normalized spacial score (nSPS) is 10.5. The quantitative estimate of drug-likeness (QED) is 0.724. The van der Waals surface area contributed by atoms with E-state index in [9.17, 15) is 0 Å². The van der Waals surface area contributed by atoms with E-state index in [1.165, 1.54) is 0 Å². The highest BCUT2D eigenvalue weighted by Crippen LogP contribution is 1.98. The molecule has 0 saturated heterocycles. The second-order valence-corrected chi connectivity index (χ2v) is 2.69. The highest BCUT2D eigenvalue weighted by molar-refractivity contribution is 4.90. The summed E-state index contributed by atoms with van der Waals surface area (Å²) < 4.78 is 3.77. The number of imidazole rings is 2. The third-order valence-electron chi connectivity index (χ3n) is 1.82. The van der Waals surface area contributed by atoms with Crippen LogP contribution in [0.5, 0.6) is 0 Å². The van der Waals surface area contributed by atoms with Crippen molar-refractivity contribution < 1.29 is 5.11 Å². The SMILES string of the molecule is OCc1nccn1Cn1ccnc1. The molecule has 0 amide bonds. The minimum Gasteiger partial charge on any atom is -0.388 e. The molecule has 2 aromatic rings. The second-order valence-electron chi connectivity index (χ2n) is 2.69. The summed E-state index contributed by atoms with van der Waals surface area (Å²) in [4.78, 5) is 7.92. The Balaban J connectivity index is 2.18. The zero-order chi connectivity index (χ0) is 9.10. The molecule has 2 heterocycles. The minimum absolute atomic E-state index is 0.0400. The largest absolute Gasteiger partial charge is 0.388 e. The van der Waals surface area contributed by atoms with E-state index in [-0.39, 0.29) is 6.61 Å². The lowest BCUT2D eigenvalue weighted by Gasteiger charge is -2.05. The van der Waals surface area contributed by atoms with Crippen molar-refractivity contribution >= 4 is 0 Å². The highest BCUT2D eigenvalue weighted by atomic mass is 16.3. The molecule has 13 heavy (non-hydrogen) atoms. The molecule has 0 bridgehead atoms. The molecule has 0 spiro atoms. The zero-order valence-electron chi connectivity index (χ0n) is 7.04. The van der Waals surface area contributed by atoms with Gasteiger partial charge in [0.1, 0.15) is 19.1 Å². The van der Waals surface area contributed by atoms with Gasteiger partial charge in [0.15, 0.2) is 0 Å². The summed E-state index contributed by atoms with van der Waals surface area (Å²) in [5, 5.41) is 8.93. The van der Waals surface area contributed by atoms with Crippen LogP contribution in [-0.2, 0) is 13.3 Å². The van der Waals surface area contributed by atoms with E-state index in [0.717, 1.165) is 0 Å². The maximum absolute atomic E-state index is 8.93. The van der Waals surface area contributed by atoms with Crippen molar-refractivity contribution in [2.75, 3.05) is 0 Å². The maximum atomic E-state index is 8.93. The number of hydrogen-bond donors (Lipinski definition) is 1. The first-order chi connectivity index (χ1) is 6.40. The van der Waals surface area contributed by atoms with Crippen LogP contribution in [0.25, 0.3) is 0 Å². The first-order valence-electron chi connectivity index (χ1n) is 3.97. The van der Waals surface area contributed by atoms with Gasteiger partial charge < -0.3 is 14.2 Å². The van der Waals surface area contributed by atoms with Gasteiger partial charge in [-0.3, -0.25) is 0 Å². The average molecular weight is 178 g/mol. The molecule has 1 N–H and O–H groups in total. The number of hydrogen-bond acceptors (Lipinski definition) is 3. The van der Waals surface area contributed by atoms with Crippen LogP contribution in [0.1, 0.15) is 5.82 Å². The lowest BCUT2D eigenvalue weighted by molar-refractivity contribution is 0.264. The molecule has 0 aromatic carbocycles. The maximum Gasteiger partial charge on any atom is 0.135 e.